The van der Waals surface area contributed by atoms with Gasteiger partial charge in [0, 0.05) is 0 Å². The monoisotopic (exact) mass is 244 g/mol. The number of rotatable bonds is 5. The summed E-state index contributed by atoms with van der Waals surface area (Å²) in [4.78, 5) is 23.6. The summed E-state index contributed by atoms with van der Waals surface area (Å²) < 4.78 is 10.2. The average molecular weight is 244 g/mol. The van der Waals surface area contributed by atoms with Gasteiger partial charge in [0.25, 0.3) is 0 Å². The molecule has 0 amide bonds. The number of ether oxygens (including phenoxy) is 2. The first kappa shape index (κ1) is 15.9. The van der Waals surface area contributed by atoms with Gasteiger partial charge in [0.2, 0.25) is 0 Å². The molecule has 0 N–H and O–H groups in total. The van der Waals surface area contributed by atoms with E-state index < -0.39 is 23.0 Å². The van der Waals surface area contributed by atoms with Crippen LogP contribution in [0.1, 0.15) is 54.4 Å². The van der Waals surface area contributed by atoms with Crippen LogP contribution in [0.4, 0.5) is 0 Å². The molecule has 4 heteroatoms. The summed E-state index contributed by atoms with van der Waals surface area (Å²) in [6, 6.07) is 0. The first-order valence-corrected chi connectivity index (χ1v) is 6.02. The zero-order valence-electron chi connectivity index (χ0n) is 11.8. The van der Waals surface area contributed by atoms with Crippen LogP contribution in [0.2, 0.25) is 0 Å². The normalized spacial score (nSPS) is 12.1. The van der Waals surface area contributed by atoms with E-state index in [0.29, 0.717) is 6.61 Å². The Hall–Kier alpha value is -1.06. The van der Waals surface area contributed by atoms with E-state index in [2.05, 4.69) is 0 Å². The van der Waals surface area contributed by atoms with E-state index in [1.165, 1.54) is 13.8 Å². The van der Waals surface area contributed by atoms with E-state index in [4.69, 9.17) is 9.47 Å². The predicted molar refractivity (Wildman–Crippen MR) is 65.5 cm³/mol. The summed E-state index contributed by atoms with van der Waals surface area (Å²) >= 11 is 0. The van der Waals surface area contributed by atoms with Gasteiger partial charge in [-0.25, -0.2) is 0 Å². The van der Waals surface area contributed by atoms with Gasteiger partial charge < -0.3 is 9.47 Å². The van der Waals surface area contributed by atoms with Gasteiger partial charge in [-0.3, -0.25) is 9.59 Å². The third kappa shape index (κ3) is 5.71. The topological polar surface area (TPSA) is 52.6 Å². The Morgan fingerprint density at radius 3 is 1.94 bits per heavy atom. The van der Waals surface area contributed by atoms with Crippen molar-refractivity contribution in [3.63, 3.8) is 0 Å². The summed E-state index contributed by atoms with van der Waals surface area (Å²) in [7, 11) is 0. The Labute approximate surface area is 104 Å². The molecule has 0 saturated carbocycles. The second-order valence-electron chi connectivity index (χ2n) is 5.62. The molecule has 0 aromatic heterocycles. The fraction of sp³-hybridized carbons (Fsp3) is 0.846. The fourth-order valence-electron chi connectivity index (χ4n) is 0.979. The summed E-state index contributed by atoms with van der Waals surface area (Å²) in [5, 5.41) is 0. The molecule has 0 atom stereocenters. The quantitative estimate of drug-likeness (QED) is 0.424. The minimum absolute atomic E-state index is 0.349. The highest BCUT2D eigenvalue weighted by Gasteiger charge is 2.41. The number of carbonyl (C=O) groups excluding carboxylic acids is 2. The number of esters is 2. The molecule has 0 fully saturated rings. The molecule has 0 aliphatic heterocycles. The predicted octanol–water partition coefficient (Wildman–Crippen LogP) is 2.70. The van der Waals surface area contributed by atoms with Crippen molar-refractivity contribution in [3.8, 4) is 0 Å². The van der Waals surface area contributed by atoms with Crippen molar-refractivity contribution >= 4 is 11.9 Å². The average Bonchev–Trinajstić information content (AvgIpc) is 2.15. The lowest BCUT2D eigenvalue weighted by atomic mass is 9.93. The summed E-state index contributed by atoms with van der Waals surface area (Å²) in [5.74, 6) is -1.08. The molecule has 0 heterocycles. The minimum atomic E-state index is -1.25. The summed E-state index contributed by atoms with van der Waals surface area (Å²) in [6.07, 6.45) is 1.75. The number of unbranched alkanes of at least 4 members (excludes halogenated alkanes) is 1. The van der Waals surface area contributed by atoms with Crippen molar-refractivity contribution in [3.05, 3.63) is 0 Å². The third-order valence-electron chi connectivity index (χ3n) is 2.15. The van der Waals surface area contributed by atoms with Crippen LogP contribution in [-0.4, -0.2) is 24.1 Å². The van der Waals surface area contributed by atoms with Gasteiger partial charge in [0.05, 0.1) is 6.61 Å². The van der Waals surface area contributed by atoms with Gasteiger partial charge in [-0.15, -0.1) is 0 Å². The van der Waals surface area contributed by atoms with Crippen LogP contribution in [0.25, 0.3) is 0 Å². The lowest BCUT2D eigenvalue weighted by Crippen LogP contribution is -2.40. The molecule has 4 nitrogen and oxygen atoms in total. The van der Waals surface area contributed by atoms with Crippen molar-refractivity contribution in [1.29, 1.82) is 0 Å². The maximum Gasteiger partial charge on any atom is 0.323 e. The first-order valence-electron chi connectivity index (χ1n) is 6.02. The van der Waals surface area contributed by atoms with E-state index in [9.17, 15) is 9.59 Å². The number of carbonyl (C=O) groups is 2. The summed E-state index contributed by atoms with van der Waals surface area (Å²) in [5.41, 5.74) is -1.85. The Kier molecular flexibility index (Phi) is 5.66. The largest absolute Gasteiger partial charge is 0.465 e. The highest BCUT2D eigenvalue weighted by atomic mass is 16.6. The third-order valence-corrected chi connectivity index (χ3v) is 2.15. The van der Waals surface area contributed by atoms with Crippen molar-refractivity contribution in [2.75, 3.05) is 6.61 Å². The Bertz CT molecular complexity index is 274. The highest BCUT2D eigenvalue weighted by Crippen LogP contribution is 2.23. The molecule has 0 bridgehead atoms. The van der Waals surface area contributed by atoms with Crippen molar-refractivity contribution < 1.29 is 19.1 Å². The lowest BCUT2D eigenvalue weighted by Gasteiger charge is -2.26. The zero-order chi connectivity index (χ0) is 13.7. The molecular formula is C13H24O4. The van der Waals surface area contributed by atoms with Gasteiger partial charge in [-0.1, -0.05) is 13.3 Å². The van der Waals surface area contributed by atoms with Crippen LogP contribution in [0.15, 0.2) is 0 Å². The first-order chi connectivity index (χ1) is 7.61. The molecular weight excluding hydrogens is 220 g/mol. The molecule has 0 radical (unpaired) electrons. The molecule has 0 aliphatic carbocycles. The van der Waals surface area contributed by atoms with Crippen LogP contribution < -0.4 is 0 Å². The van der Waals surface area contributed by atoms with E-state index in [-0.39, 0.29) is 0 Å². The smallest absolute Gasteiger partial charge is 0.323 e. The Morgan fingerprint density at radius 1 is 1.00 bits per heavy atom. The molecule has 0 saturated heterocycles. The van der Waals surface area contributed by atoms with Crippen LogP contribution in [0.3, 0.4) is 0 Å². The number of hydrogen-bond acceptors (Lipinski definition) is 4. The van der Waals surface area contributed by atoms with Crippen molar-refractivity contribution in [2.45, 2.75) is 60.0 Å². The molecule has 0 aromatic carbocycles. The van der Waals surface area contributed by atoms with Gasteiger partial charge in [-0.2, -0.15) is 0 Å². The van der Waals surface area contributed by atoms with Crippen LogP contribution in [-0.2, 0) is 19.1 Å². The van der Waals surface area contributed by atoms with E-state index in [0.717, 1.165) is 12.8 Å². The van der Waals surface area contributed by atoms with Gasteiger partial charge in [0.15, 0.2) is 5.41 Å². The second kappa shape index (κ2) is 6.03. The van der Waals surface area contributed by atoms with E-state index >= 15 is 0 Å². The zero-order valence-corrected chi connectivity index (χ0v) is 11.8. The second-order valence-corrected chi connectivity index (χ2v) is 5.62. The minimum Gasteiger partial charge on any atom is -0.465 e. The molecule has 0 unspecified atom stereocenters. The van der Waals surface area contributed by atoms with Crippen LogP contribution in [0, 0.1) is 5.41 Å². The SMILES string of the molecule is CCCCOC(=O)C(C)(C)C(=O)OC(C)(C)C. The highest BCUT2D eigenvalue weighted by molar-refractivity contribution is 5.99. The summed E-state index contributed by atoms with van der Waals surface area (Å²) in [6.45, 7) is 10.7. The molecule has 0 spiro atoms. The molecule has 0 rings (SSSR count). The van der Waals surface area contributed by atoms with Gasteiger partial charge in [-0.05, 0) is 41.0 Å². The van der Waals surface area contributed by atoms with Gasteiger partial charge >= 0.3 is 11.9 Å². The molecule has 100 valence electrons. The van der Waals surface area contributed by atoms with Gasteiger partial charge in [0.1, 0.15) is 5.60 Å². The Morgan fingerprint density at radius 2 is 1.53 bits per heavy atom. The fourth-order valence-corrected chi connectivity index (χ4v) is 0.979. The van der Waals surface area contributed by atoms with E-state index in [1.807, 2.05) is 6.92 Å². The molecule has 0 aliphatic rings. The van der Waals surface area contributed by atoms with Crippen LogP contribution >= 0.6 is 0 Å². The Balaban J connectivity index is 4.44. The number of hydrogen-bond donors (Lipinski definition) is 0. The van der Waals surface area contributed by atoms with Crippen molar-refractivity contribution in [1.82, 2.24) is 0 Å². The molecule has 0 aromatic rings. The maximum atomic E-state index is 11.8. The van der Waals surface area contributed by atoms with Crippen LogP contribution in [0.5, 0.6) is 0 Å². The maximum absolute atomic E-state index is 11.8. The lowest BCUT2D eigenvalue weighted by molar-refractivity contribution is -0.176. The molecule has 17 heavy (non-hydrogen) atoms. The van der Waals surface area contributed by atoms with Crippen molar-refractivity contribution in [2.24, 2.45) is 5.41 Å². The standard InChI is InChI=1S/C13H24O4/c1-7-8-9-16-10(14)13(5,6)11(15)17-12(2,3)4/h7-9H2,1-6H3. The van der Waals surface area contributed by atoms with E-state index in [1.54, 1.807) is 20.8 Å².